The van der Waals surface area contributed by atoms with E-state index in [1.807, 2.05) is 53.8 Å². The summed E-state index contributed by atoms with van der Waals surface area (Å²) < 4.78 is 7.07. The van der Waals surface area contributed by atoms with Crippen molar-refractivity contribution in [3.05, 3.63) is 65.6 Å². The lowest BCUT2D eigenvalue weighted by atomic mass is 10.2. The summed E-state index contributed by atoms with van der Waals surface area (Å²) in [4.78, 5) is 18.7. The van der Waals surface area contributed by atoms with Crippen LogP contribution in [0.1, 0.15) is 21.7 Å². The third-order valence-electron chi connectivity index (χ3n) is 3.84. The summed E-state index contributed by atoms with van der Waals surface area (Å²) in [6, 6.07) is 13.5. The number of amides is 1. The highest BCUT2D eigenvalue weighted by atomic mass is 16.5. The van der Waals surface area contributed by atoms with E-state index in [0.717, 1.165) is 22.7 Å². The van der Waals surface area contributed by atoms with Crippen molar-refractivity contribution < 1.29 is 9.53 Å². The number of hydrogen-bond donors (Lipinski definition) is 0. The fraction of sp³-hybridized carbons (Fsp3) is 0.222. The molecule has 0 saturated heterocycles. The quantitative estimate of drug-likeness (QED) is 0.744. The van der Waals surface area contributed by atoms with E-state index in [1.54, 1.807) is 25.3 Å². The standard InChI is InChI=1S/C18H19N3O2/c1-13-5-4-6-17-19-16(12-21(13)17)18(22)20(2)11-14-7-9-15(23-3)10-8-14/h4-10,12H,11H2,1-3H3. The van der Waals surface area contributed by atoms with E-state index in [9.17, 15) is 4.79 Å². The van der Waals surface area contributed by atoms with Crippen LogP contribution in [-0.2, 0) is 6.54 Å². The number of methoxy groups -OCH3 is 1. The number of rotatable bonds is 4. The maximum absolute atomic E-state index is 12.6. The lowest BCUT2D eigenvalue weighted by Crippen LogP contribution is -2.26. The molecular weight excluding hydrogens is 290 g/mol. The molecule has 3 rings (SSSR count). The van der Waals surface area contributed by atoms with E-state index >= 15 is 0 Å². The zero-order valence-electron chi connectivity index (χ0n) is 13.5. The molecule has 0 fully saturated rings. The number of pyridine rings is 1. The van der Waals surface area contributed by atoms with Crippen LogP contribution in [0.15, 0.2) is 48.7 Å². The van der Waals surface area contributed by atoms with Crippen molar-refractivity contribution >= 4 is 11.6 Å². The Morgan fingerprint density at radius 3 is 2.61 bits per heavy atom. The fourth-order valence-corrected chi connectivity index (χ4v) is 2.52. The van der Waals surface area contributed by atoms with Crippen LogP contribution in [0.3, 0.4) is 0 Å². The van der Waals surface area contributed by atoms with Crippen LogP contribution in [0, 0.1) is 6.92 Å². The average Bonchev–Trinajstić information content (AvgIpc) is 3.00. The first-order chi connectivity index (χ1) is 11.1. The number of aryl methyl sites for hydroxylation is 1. The Morgan fingerprint density at radius 1 is 1.22 bits per heavy atom. The Morgan fingerprint density at radius 2 is 1.96 bits per heavy atom. The molecule has 2 heterocycles. The number of carbonyl (C=O) groups excluding carboxylic acids is 1. The summed E-state index contributed by atoms with van der Waals surface area (Å²) in [6.45, 7) is 2.51. The minimum atomic E-state index is -0.0936. The van der Waals surface area contributed by atoms with E-state index in [0.29, 0.717) is 12.2 Å². The van der Waals surface area contributed by atoms with Gasteiger partial charge in [0.05, 0.1) is 7.11 Å². The molecule has 1 aromatic carbocycles. The van der Waals surface area contributed by atoms with Gasteiger partial charge in [-0.2, -0.15) is 0 Å². The Hall–Kier alpha value is -2.82. The maximum atomic E-state index is 12.6. The van der Waals surface area contributed by atoms with Crippen LogP contribution in [0.2, 0.25) is 0 Å². The molecule has 0 aliphatic carbocycles. The van der Waals surface area contributed by atoms with Crippen molar-refractivity contribution in [2.24, 2.45) is 0 Å². The van der Waals surface area contributed by atoms with Gasteiger partial charge < -0.3 is 14.0 Å². The number of fused-ring (bicyclic) bond motifs is 1. The second-order valence-electron chi connectivity index (χ2n) is 5.53. The zero-order chi connectivity index (χ0) is 16.4. The number of imidazole rings is 1. The van der Waals surface area contributed by atoms with E-state index in [-0.39, 0.29) is 5.91 Å². The van der Waals surface area contributed by atoms with Crippen molar-refractivity contribution in [3.8, 4) is 5.75 Å². The second-order valence-corrected chi connectivity index (χ2v) is 5.53. The first-order valence-corrected chi connectivity index (χ1v) is 7.41. The molecule has 1 amide bonds. The topological polar surface area (TPSA) is 46.8 Å². The fourth-order valence-electron chi connectivity index (χ4n) is 2.52. The van der Waals surface area contributed by atoms with Crippen LogP contribution < -0.4 is 4.74 Å². The van der Waals surface area contributed by atoms with Crippen molar-refractivity contribution in [2.45, 2.75) is 13.5 Å². The molecule has 0 atom stereocenters. The highest BCUT2D eigenvalue weighted by Crippen LogP contribution is 2.14. The van der Waals surface area contributed by atoms with E-state index in [1.165, 1.54) is 0 Å². The number of hydrogen-bond acceptors (Lipinski definition) is 3. The molecule has 0 radical (unpaired) electrons. The minimum Gasteiger partial charge on any atom is -0.497 e. The third-order valence-corrected chi connectivity index (χ3v) is 3.84. The van der Waals surface area contributed by atoms with E-state index in [2.05, 4.69) is 4.98 Å². The van der Waals surface area contributed by atoms with Gasteiger partial charge in [0.15, 0.2) is 0 Å². The van der Waals surface area contributed by atoms with Crippen LogP contribution in [0.5, 0.6) is 5.75 Å². The van der Waals surface area contributed by atoms with Crippen molar-refractivity contribution in [1.29, 1.82) is 0 Å². The SMILES string of the molecule is COc1ccc(CN(C)C(=O)c2cn3c(C)cccc3n2)cc1. The number of benzene rings is 1. The molecule has 3 aromatic rings. The Balaban J connectivity index is 1.78. The largest absolute Gasteiger partial charge is 0.497 e. The summed E-state index contributed by atoms with van der Waals surface area (Å²) in [5.41, 5.74) is 3.33. The maximum Gasteiger partial charge on any atom is 0.274 e. The first kappa shape index (κ1) is 15.1. The first-order valence-electron chi connectivity index (χ1n) is 7.41. The van der Waals surface area contributed by atoms with Gasteiger partial charge in [-0.15, -0.1) is 0 Å². The predicted octanol–water partition coefficient (Wildman–Crippen LogP) is 2.92. The van der Waals surface area contributed by atoms with Gasteiger partial charge in [0.25, 0.3) is 5.91 Å². The predicted molar refractivity (Wildman–Crippen MR) is 88.7 cm³/mol. The molecule has 0 unspecified atom stereocenters. The van der Waals surface area contributed by atoms with E-state index in [4.69, 9.17) is 4.74 Å². The van der Waals surface area contributed by atoms with E-state index < -0.39 is 0 Å². The Bertz CT molecular complexity index is 837. The van der Waals surface area contributed by atoms with Gasteiger partial charge in [0, 0.05) is 25.5 Å². The smallest absolute Gasteiger partial charge is 0.274 e. The number of nitrogens with zero attached hydrogens (tertiary/aromatic N) is 3. The van der Waals surface area contributed by atoms with Gasteiger partial charge in [-0.25, -0.2) is 4.98 Å². The molecule has 0 spiro atoms. The molecule has 0 saturated carbocycles. The van der Waals surface area contributed by atoms with Crippen LogP contribution >= 0.6 is 0 Å². The van der Waals surface area contributed by atoms with Gasteiger partial charge >= 0.3 is 0 Å². The van der Waals surface area contributed by atoms with Crippen molar-refractivity contribution in [3.63, 3.8) is 0 Å². The zero-order valence-corrected chi connectivity index (χ0v) is 13.5. The molecule has 0 bridgehead atoms. The molecule has 5 nitrogen and oxygen atoms in total. The molecule has 23 heavy (non-hydrogen) atoms. The monoisotopic (exact) mass is 309 g/mol. The molecule has 118 valence electrons. The van der Waals surface area contributed by atoms with Crippen LogP contribution in [0.25, 0.3) is 5.65 Å². The van der Waals surface area contributed by atoms with Crippen molar-refractivity contribution in [2.75, 3.05) is 14.2 Å². The van der Waals surface area contributed by atoms with Crippen LogP contribution in [0.4, 0.5) is 0 Å². The third kappa shape index (κ3) is 3.04. The van der Waals surface area contributed by atoms with Gasteiger partial charge in [-0.1, -0.05) is 18.2 Å². The summed E-state index contributed by atoms with van der Waals surface area (Å²) in [5.74, 6) is 0.711. The van der Waals surface area contributed by atoms with Crippen LogP contribution in [-0.4, -0.2) is 34.3 Å². The summed E-state index contributed by atoms with van der Waals surface area (Å²) >= 11 is 0. The summed E-state index contributed by atoms with van der Waals surface area (Å²) in [7, 11) is 3.42. The van der Waals surface area contributed by atoms with Gasteiger partial charge in [-0.3, -0.25) is 4.79 Å². The highest BCUT2D eigenvalue weighted by molar-refractivity contribution is 5.92. The molecule has 0 aliphatic rings. The molecular formula is C18H19N3O2. The lowest BCUT2D eigenvalue weighted by Gasteiger charge is -2.16. The minimum absolute atomic E-state index is 0.0936. The number of ether oxygens (including phenoxy) is 1. The highest BCUT2D eigenvalue weighted by Gasteiger charge is 2.16. The lowest BCUT2D eigenvalue weighted by molar-refractivity contribution is 0.0780. The Labute approximate surface area is 135 Å². The second kappa shape index (κ2) is 6.12. The average molecular weight is 309 g/mol. The summed E-state index contributed by atoms with van der Waals surface area (Å²) in [6.07, 6.45) is 1.79. The molecule has 0 aliphatic heterocycles. The van der Waals surface area contributed by atoms with Gasteiger partial charge in [-0.05, 0) is 36.8 Å². The normalized spacial score (nSPS) is 10.7. The Kier molecular flexibility index (Phi) is 4.02. The van der Waals surface area contributed by atoms with Gasteiger partial charge in [0.1, 0.15) is 17.1 Å². The summed E-state index contributed by atoms with van der Waals surface area (Å²) in [5, 5.41) is 0. The number of aromatic nitrogens is 2. The number of carbonyl (C=O) groups is 1. The molecule has 0 N–H and O–H groups in total. The van der Waals surface area contributed by atoms with Gasteiger partial charge in [0.2, 0.25) is 0 Å². The van der Waals surface area contributed by atoms with Crippen molar-refractivity contribution in [1.82, 2.24) is 14.3 Å². The molecule has 5 heteroatoms. The molecule has 2 aromatic heterocycles.